The second-order valence-electron chi connectivity index (χ2n) is 4.87. The zero-order valence-corrected chi connectivity index (χ0v) is 13.9. The zero-order chi connectivity index (χ0) is 16.7. The Morgan fingerprint density at radius 3 is 3.00 bits per heavy atom. The molecule has 0 aliphatic carbocycles. The largest absolute Gasteiger partial charge is 0.379 e. The van der Waals surface area contributed by atoms with Gasteiger partial charge in [0.1, 0.15) is 11.9 Å². The predicted molar refractivity (Wildman–Crippen MR) is 89.6 cm³/mol. The Kier molecular flexibility index (Phi) is 6.58. The molecule has 7 heteroatoms. The summed E-state index contributed by atoms with van der Waals surface area (Å²) < 4.78 is 10.6. The van der Waals surface area contributed by atoms with Crippen LogP contribution in [0.2, 0.25) is 5.02 Å². The van der Waals surface area contributed by atoms with E-state index in [9.17, 15) is 4.79 Å². The summed E-state index contributed by atoms with van der Waals surface area (Å²) in [6, 6.07) is 7.34. The highest BCUT2D eigenvalue weighted by Gasteiger charge is 2.17. The van der Waals surface area contributed by atoms with Gasteiger partial charge in [-0.3, -0.25) is 9.89 Å². The van der Waals surface area contributed by atoms with E-state index < -0.39 is 6.10 Å². The minimum Gasteiger partial charge on any atom is -0.379 e. The first-order valence-corrected chi connectivity index (χ1v) is 7.79. The normalized spacial score (nSPS) is 12.1. The van der Waals surface area contributed by atoms with Gasteiger partial charge in [0, 0.05) is 17.2 Å². The minimum atomic E-state index is -0.592. The van der Waals surface area contributed by atoms with Crippen molar-refractivity contribution in [3.05, 3.63) is 35.5 Å². The molecule has 0 saturated carbocycles. The smallest absolute Gasteiger partial charge is 0.254 e. The molecule has 1 heterocycles. The Balaban J connectivity index is 1.98. The lowest BCUT2D eigenvalue weighted by atomic mass is 10.1. The van der Waals surface area contributed by atoms with Gasteiger partial charge in [0.15, 0.2) is 0 Å². The van der Waals surface area contributed by atoms with Crippen LogP contribution >= 0.6 is 11.6 Å². The number of nitrogens with one attached hydrogen (secondary N) is 2. The fourth-order valence-corrected chi connectivity index (χ4v) is 2.18. The van der Waals surface area contributed by atoms with Crippen LogP contribution in [0.3, 0.4) is 0 Å². The molecule has 124 valence electrons. The second kappa shape index (κ2) is 8.67. The van der Waals surface area contributed by atoms with E-state index in [4.69, 9.17) is 21.1 Å². The molecule has 2 rings (SSSR count). The van der Waals surface area contributed by atoms with E-state index in [0.29, 0.717) is 30.7 Å². The number of carbonyl (C=O) groups excluding carboxylic acids is 1. The van der Waals surface area contributed by atoms with Crippen molar-refractivity contribution < 1.29 is 14.3 Å². The number of ether oxygens (including phenoxy) is 2. The Morgan fingerprint density at radius 2 is 2.26 bits per heavy atom. The van der Waals surface area contributed by atoms with Gasteiger partial charge < -0.3 is 14.8 Å². The molecule has 2 aromatic rings. The van der Waals surface area contributed by atoms with Crippen LogP contribution in [-0.2, 0) is 14.3 Å². The first kappa shape index (κ1) is 17.5. The number of carbonyl (C=O) groups is 1. The van der Waals surface area contributed by atoms with Crippen LogP contribution < -0.4 is 5.32 Å². The monoisotopic (exact) mass is 337 g/mol. The van der Waals surface area contributed by atoms with Gasteiger partial charge in [-0.1, -0.05) is 23.7 Å². The first-order chi connectivity index (χ1) is 11.1. The summed E-state index contributed by atoms with van der Waals surface area (Å²) >= 11 is 6.00. The third-order valence-electron chi connectivity index (χ3n) is 3.19. The van der Waals surface area contributed by atoms with E-state index in [1.807, 2.05) is 25.1 Å². The number of hydrogen-bond donors (Lipinski definition) is 2. The molecule has 0 bridgehead atoms. The number of H-pyrrole nitrogens is 1. The third-order valence-corrected chi connectivity index (χ3v) is 3.43. The number of aromatic amines is 1. The van der Waals surface area contributed by atoms with Crippen molar-refractivity contribution in [1.82, 2.24) is 10.2 Å². The quantitative estimate of drug-likeness (QED) is 0.726. The lowest BCUT2D eigenvalue weighted by molar-refractivity contribution is -0.127. The molecule has 0 fully saturated rings. The molecule has 1 aromatic carbocycles. The summed E-state index contributed by atoms with van der Waals surface area (Å²) in [5.74, 6) is 0.256. The minimum absolute atomic E-state index is 0.256. The topological polar surface area (TPSA) is 76.2 Å². The maximum atomic E-state index is 12.2. The maximum Gasteiger partial charge on any atom is 0.254 e. The molecule has 0 spiro atoms. The predicted octanol–water partition coefficient (Wildman–Crippen LogP) is 3.11. The van der Waals surface area contributed by atoms with Crippen molar-refractivity contribution in [2.24, 2.45) is 0 Å². The molecule has 1 atom stereocenters. The summed E-state index contributed by atoms with van der Waals surface area (Å²) in [6.07, 6.45) is 1.05. The van der Waals surface area contributed by atoms with Crippen LogP contribution in [-0.4, -0.2) is 42.0 Å². The van der Waals surface area contributed by atoms with Gasteiger partial charge in [-0.05, 0) is 31.5 Å². The molecule has 1 aromatic heterocycles. The van der Waals surface area contributed by atoms with Crippen molar-refractivity contribution in [2.45, 2.75) is 20.0 Å². The molecule has 0 unspecified atom stereocenters. The van der Waals surface area contributed by atoms with Gasteiger partial charge in [0.05, 0.1) is 19.4 Å². The van der Waals surface area contributed by atoms with E-state index in [1.165, 1.54) is 0 Å². The van der Waals surface area contributed by atoms with E-state index in [2.05, 4.69) is 15.5 Å². The number of nitrogens with zero attached hydrogens (tertiary/aromatic N) is 1. The Bertz CT molecular complexity index is 645. The van der Waals surface area contributed by atoms with Crippen molar-refractivity contribution in [3.8, 4) is 11.1 Å². The van der Waals surface area contributed by atoms with Crippen molar-refractivity contribution >= 4 is 23.3 Å². The van der Waals surface area contributed by atoms with E-state index in [0.717, 1.165) is 11.1 Å². The van der Waals surface area contributed by atoms with Crippen LogP contribution in [0.1, 0.15) is 13.8 Å². The fraction of sp³-hybridized carbons (Fsp3) is 0.375. The Hall–Kier alpha value is -1.89. The van der Waals surface area contributed by atoms with Gasteiger partial charge in [-0.2, -0.15) is 5.10 Å². The summed E-state index contributed by atoms with van der Waals surface area (Å²) in [6.45, 7) is 5.06. The maximum absolute atomic E-state index is 12.2. The highest BCUT2D eigenvalue weighted by Crippen LogP contribution is 2.27. The molecule has 0 radical (unpaired) electrons. The van der Waals surface area contributed by atoms with Gasteiger partial charge in [0.2, 0.25) is 0 Å². The number of anilines is 1. The number of amides is 1. The average Bonchev–Trinajstić information content (AvgIpc) is 2.99. The lowest BCUT2D eigenvalue weighted by Gasteiger charge is -2.13. The number of aromatic nitrogens is 2. The number of hydrogen-bond acceptors (Lipinski definition) is 4. The van der Waals surface area contributed by atoms with Gasteiger partial charge in [-0.25, -0.2) is 0 Å². The third kappa shape index (κ3) is 5.06. The van der Waals surface area contributed by atoms with Crippen LogP contribution in [0, 0.1) is 0 Å². The molecule has 0 aliphatic heterocycles. The van der Waals surface area contributed by atoms with Gasteiger partial charge in [0.25, 0.3) is 5.91 Å². The molecule has 2 N–H and O–H groups in total. The fourth-order valence-electron chi connectivity index (χ4n) is 1.98. The van der Waals surface area contributed by atoms with E-state index in [-0.39, 0.29) is 5.91 Å². The lowest BCUT2D eigenvalue weighted by Crippen LogP contribution is -2.29. The summed E-state index contributed by atoms with van der Waals surface area (Å²) in [5.41, 5.74) is 1.63. The molecule has 6 nitrogen and oxygen atoms in total. The van der Waals surface area contributed by atoms with Crippen LogP contribution in [0.25, 0.3) is 11.1 Å². The number of halogens is 1. The van der Waals surface area contributed by atoms with E-state index >= 15 is 0 Å². The van der Waals surface area contributed by atoms with Crippen molar-refractivity contribution in [1.29, 1.82) is 0 Å². The molecule has 0 saturated heterocycles. The highest BCUT2D eigenvalue weighted by atomic mass is 35.5. The number of rotatable bonds is 8. The van der Waals surface area contributed by atoms with Crippen molar-refractivity contribution in [2.75, 3.05) is 25.1 Å². The van der Waals surface area contributed by atoms with Gasteiger partial charge >= 0.3 is 0 Å². The SMILES string of the molecule is CCOCCO[C@@H](C)C(=O)Nc1[nH]ncc1-c1cccc(Cl)c1. The van der Waals surface area contributed by atoms with Crippen molar-refractivity contribution in [3.63, 3.8) is 0 Å². The Morgan fingerprint density at radius 1 is 1.43 bits per heavy atom. The zero-order valence-electron chi connectivity index (χ0n) is 13.1. The summed E-state index contributed by atoms with van der Waals surface area (Å²) in [4.78, 5) is 12.2. The molecular weight excluding hydrogens is 318 g/mol. The van der Waals surface area contributed by atoms with Crippen LogP contribution in [0.4, 0.5) is 5.82 Å². The van der Waals surface area contributed by atoms with Crippen LogP contribution in [0.5, 0.6) is 0 Å². The number of benzene rings is 1. The molecule has 1 amide bonds. The Labute approximate surface area is 140 Å². The second-order valence-corrected chi connectivity index (χ2v) is 5.30. The standard InChI is InChI=1S/C16H20ClN3O3/c1-3-22-7-8-23-11(2)16(21)19-15-14(10-18-20-15)12-5-4-6-13(17)9-12/h4-6,9-11H,3,7-8H2,1-2H3,(H2,18,19,20,21)/t11-/m0/s1. The van der Waals surface area contributed by atoms with Crippen LogP contribution in [0.15, 0.2) is 30.5 Å². The molecule has 23 heavy (non-hydrogen) atoms. The molecular formula is C16H20ClN3O3. The molecule has 0 aliphatic rings. The van der Waals surface area contributed by atoms with E-state index in [1.54, 1.807) is 19.2 Å². The summed E-state index contributed by atoms with van der Waals surface area (Å²) in [5, 5.41) is 10.2. The van der Waals surface area contributed by atoms with Gasteiger partial charge in [-0.15, -0.1) is 0 Å². The summed E-state index contributed by atoms with van der Waals surface area (Å²) in [7, 11) is 0. The average molecular weight is 338 g/mol. The first-order valence-electron chi connectivity index (χ1n) is 7.41. The highest BCUT2D eigenvalue weighted by molar-refractivity contribution is 6.30.